The molecule has 3 unspecified atom stereocenters. The minimum absolute atomic E-state index is 0.720. The van der Waals surface area contributed by atoms with E-state index in [1.165, 1.54) is 24.8 Å². The Balaban J connectivity index is 1.94. The smallest absolute Gasteiger partial charge is 0.0406 e. The quantitative estimate of drug-likeness (QED) is 0.856. The zero-order valence-electron chi connectivity index (χ0n) is 10.7. The molecule has 1 aliphatic carbocycles. The van der Waals surface area contributed by atoms with Crippen molar-refractivity contribution in [3.63, 3.8) is 0 Å². The lowest BCUT2D eigenvalue weighted by Crippen LogP contribution is -2.32. The maximum atomic E-state index is 5.91. The SMILES string of the molecule is CCNC1CCC(Cc2ccc(Cl)cc2)C1C. The monoisotopic (exact) mass is 251 g/mol. The number of benzene rings is 1. The zero-order valence-corrected chi connectivity index (χ0v) is 11.5. The van der Waals surface area contributed by atoms with E-state index in [9.17, 15) is 0 Å². The van der Waals surface area contributed by atoms with Gasteiger partial charge in [0.2, 0.25) is 0 Å². The van der Waals surface area contributed by atoms with Gasteiger partial charge >= 0.3 is 0 Å². The van der Waals surface area contributed by atoms with Crippen LogP contribution in [0.3, 0.4) is 0 Å². The molecule has 2 heteroatoms. The predicted molar refractivity (Wildman–Crippen MR) is 74.5 cm³/mol. The molecule has 0 aromatic heterocycles. The fraction of sp³-hybridized carbons (Fsp3) is 0.600. The molecule has 1 aromatic rings. The Kier molecular flexibility index (Phi) is 4.47. The first kappa shape index (κ1) is 12.9. The van der Waals surface area contributed by atoms with Crippen LogP contribution in [0, 0.1) is 11.8 Å². The van der Waals surface area contributed by atoms with Gasteiger partial charge in [-0.15, -0.1) is 0 Å². The van der Waals surface area contributed by atoms with Crippen molar-refractivity contribution in [3.05, 3.63) is 34.9 Å². The summed E-state index contributed by atoms with van der Waals surface area (Å²) in [7, 11) is 0. The molecule has 17 heavy (non-hydrogen) atoms. The Morgan fingerprint density at radius 3 is 2.59 bits per heavy atom. The van der Waals surface area contributed by atoms with Gasteiger partial charge in [-0.2, -0.15) is 0 Å². The van der Waals surface area contributed by atoms with Gasteiger partial charge in [0.15, 0.2) is 0 Å². The summed E-state index contributed by atoms with van der Waals surface area (Å²) in [5.41, 5.74) is 1.42. The Bertz CT molecular complexity index is 346. The Hall–Kier alpha value is -0.530. The fourth-order valence-electron chi connectivity index (χ4n) is 3.01. The molecule has 0 aliphatic heterocycles. The van der Waals surface area contributed by atoms with Gasteiger partial charge in [0.25, 0.3) is 0 Å². The van der Waals surface area contributed by atoms with Crippen LogP contribution >= 0.6 is 11.6 Å². The summed E-state index contributed by atoms with van der Waals surface area (Å²) >= 11 is 5.91. The third kappa shape index (κ3) is 3.23. The summed E-state index contributed by atoms with van der Waals surface area (Å²) in [6.07, 6.45) is 3.87. The summed E-state index contributed by atoms with van der Waals surface area (Å²) in [5.74, 6) is 1.60. The van der Waals surface area contributed by atoms with E-state index in [0.29, 0.717) is 0 Å². The lowest BCUT2D eigenvalue weighted by Gasteiger charge is -2.21. The van der Waals surface area contributed by atoms with E-state index in [1.807, 2.05) is 12.1 Å². The number of nitrogens with one attached hydrogen (secondary N) is 1. The minimum Gasteiger partial charge on any atom is -0.314 e. The van der Waals surface area contributed by atoms with Crippen molar-refractivity contribution < 1.29 is 0 Å². The molecule has 1 saturated carbocycles. The average Bonchev–Trinajstić information content (AvgIpc) is 2.65. The van der Waals surface area contributed by atoms with E-state index in [-0.39, 0.29) is 0 Å². The van der Waals surface area contributed by atoms with Gasteiger partial charge < -0.3 is 5.32 Å². The number of rotatable bonds is 4. The van der Waals surface area contributed by atoms with Crippen molar-refractivity contribution in [2.45, 2.75) is 39.2 Å². The van der Waals surface area contributed by atoms with Gasteiger partial charge in [-0.25, -0.2) is 0 Å². The molecule has 3 atom stereocenters. The highest BCUT2D eigenvalue weighted by Gasteiger charge is 2.31. The van der Waals surface area contributed by atoms with Crippen LogP contribution in [0.5, 0.6) is 0 Å². The van der Waals surface area contributed by atoms with Crippen LogP contribution in [0.4, 0.5) is 0 Å². The van der Waals surface area contributed by atoms with Crippen molar-refractivity contribution in [1.29, 1.82) is 0 Å². The topological polar surface area (TPSA) is 12.0 Å². The average molecular weight is 252 g/mol. The fourth-order valence-corrected chi connectivity index (χ4v) is 3.14. The normalized spacial score (nSPS) is 28.5. The summed E-state index contributed by atoms with van der Waals surface area (Å²) < 4.78 is 0. The van der Waals surface area contributed by atoms with Gasteiger partial charge in [-0.1, -0.05) is 37.6 Å². The molecule has 0 radical (unpaired) electrons. The van der Waals surface area contributed by atoms with Crippen LogP contribution in [0.15, 0.2) is 24.3 Å². The highest BCUT2D eigenvalue weighted by Crippen LogP contribution is 2.34. The van der Waals surface area contributed by atoms with Crippen LogP contribution < -0.4 is 5.32 Å². The predicted octanol–water partition coefficient (Wildman–Crippen LogP) is 3.91. The second-order valence-electron chi connectivity index (χ2n) is 5.19. The Morgan fingerprint density at radius 1 is 1.24 bits per heavy atom. The lowest BCUT2D eigenvalue weighted by molar-refractivity contribution is 0.355. The molecule has 0 amide bonds. The van der Waals surface area contributed by atoms with Gasteiger partial charge in [0.1, 0.15) is 0 Å². The van der Waals surface area contributed by atoms with Crippen molar-refractivity contribution in [3.8, 4) is 0 Å². The molecule has 0 bridgehead atoms. The van der Waals surface area contributed by atoms with Gasteiger partial charge in [-0.05, 0) is 55.3 Å². The second kappa shape index (κ2) is 5.88. The van der Waals surface area contributed by atoms with E-state index >= 15 is 0 Å². The van der Waals surface area contributed by atoms with Gasteiger partial charge in [0, 0.05) is 11.1 Å². The molecule has 0 saturated heterocycles. The molecule has 1 nitrogen and oxygen atoms in total. The third-order valence-corrected chi connectivity index (χ3v) is 4.36. The largest absolute Gasteiger partial charge is 0.314 e. The second-order valence-corrected chi connectivity index (χ2v) is 5.63. The standard InChI is InChI=1S/C15H22ClN/c1-3-17-15-9-6-13(11(15)2)10-12-4-7-14(16)8-5-12/h4-5,7-8,11,13,15,17H,3,6,9-10H2,1-2H3. The van der Waals surface area contributed by atoms with Crippen LogP contribution in [0.2, 0.25) is 5.02 Å². The van der Waals surface area contributed by atoms with E-state index in [0.717, 1.165) is 29.4 Å². The van der Waals surface area contributed by atoms with E-state index in [1.54, 1.807) is 0 Å². The van der Waals surface area contributed by atoms with Crippen LogP contribution in [0.1, 0.15) is 32.3 Å². The molecular formula is C15H22ClN. The minimum atomic E-state index is 0.720. The summed E-state index contributed by atoms with van der Waals surface area (Å²) in [5, 5.41) is 4.43. The first-order valence-electron chi connectivity index (χ1n) is 6.68. The Labute approximate surface area is 110 Å². The molecule has 94 valence electrons. The molecule has 2 rings (SSSR count). The highest BCUT2D eigenvalue weighted by atomic mass is 35.5. The maximum absolute atomic E-state index is 5.91. The van der Waals surface area contributed by atoms with Crippen LogP contribution in [-0.4, -0.2) is 12.6 Å². The highest BCUT2D eigenvalue weighted by molar-refractivity contribution is 6.30. The van der Waals surface area contributed by atoms with Gasteiger partial charge in [0.05, 0.1) is 0 Å². The van der Waals surface area contributed by atoms with E-state index < -0.39 is 0 Å². The van der Waals surface area contributed by atoms with Gasteiger partial charge in [-0.3, -0.25) is 0 Å². The van der Waals surface area contributed by atoms with Crippen molar-refractivity contribution in [1.82, 2.24) is 5.32 Å². The van der Waals surface area contributed by atoms with Crippen LogP contribution in [0.25, 0.3) is 0 Å². The van der Waals surface area contributed by atoms with Crippen molar-refractivity contribution >= 4 is 11.6 Å². The first-order chi connectivity index (χ1) is 8.20. The molecule has 1 N–H and O–H groups in total. The summed E-state index contributed by atoms with van der Waals surface area (Å²) in [4.78, 5) is 0. The number of hydrogen-bond acceptors (Lipinski definition) is 1. The number of halogens is 1. The van der Waals surface area contributed by atoms with E-state index in [2.05, 4.69) is 31.3 Å². The van der Waals surface area contributed by atoms with Crippen LogP contribution in [-0.2, 0) is 6.42 Å². The molecule has 1 aliphatic rings. The Morgan fingerprint density at radius 2 is 1.94 bits per heavy atom. The van der Waals surface area contributed by atoms with Crippen molar-refractivity contribution in [2.24, 2.45) is 11.8 Å². The number of hydrogen-bond donors (Lipinski definition) is 1. The van der Waals surface area contributed by atoms with E-state index in [4.69, 9.17) is 11.6 Å². The maximum Gasteiger partial charge on any atom is 0.0406 e. The first-order valence-corrected chi connectivity index (χ1v) is 7.06. The van der Waals surface area contributed by atoms with Crippen molar-refractivity contribution in [2.75, 3.05) is 6.54 Å². The third-order valence-electron chi connectivity index (χ3n) is 4.10. The molecule has 0 spiro atoms. The summed E-state index contributed by atoms with van der Waals surface area (Å²) in [6.45, 7) is 5.67. The molecule has 0 heterocycles. The molecule has 1 fully saturated rings. The summed E-state index contributed by atoms with van der Waals surface area (Å²) in [6, 6.07) is 9.04. The zero-order chi connectivity index (χ0) is 12.3. The molecule has 1 aromatic carbocycles. The lowest BCUT2D eigenvalue weighted by atomic mass is 9.89. The molecular weight excluding hydrogens is 230 g/mol.